The molecule has 194 valence electrons. The number of nitrogens with zero attached hydrogens (tertiary/aromatic N) is 4. The zero-order chi connectivity index (χ0) is 26.8. The Hall–Kier alpha value is -4.71. The van der Waals surface area contributed by atoms with E-state index >= 15 is 0 Å². The van der Waals surface area contributed by atoms with E-state index < -0.39 is 5.54 Å². The van der Waals surface area contributed by atoms with Gasteiger partial charge in [-0.15, -0.1) is 0 Å². The van der Waals surface area contributed by atoms with Crippen molar-refractivity contribution in [1.82, 2.24) is 14.5 Å². The van der Waals surface area contributed by atoms with Gasteiger partial charge in [-0.25, -0.2) is 14.2 Å². The molecule has 1 aliphatic rings. The zero-order valence-electron chi connectivity index (χ0n) is 21.7. The van der Waals surface area contributed by atoms with Crippen molar-refractivity contribution in [2.75, 3.05) is 18.0 Å². The number of benzene rings is 4. The maximum atomic E-state index is 13.8. The van der Waals surface area contributed by atoms with Gasteiger partial charge >= 0.3 is 6.03 Å². The second-order valence-corrected chi connectivity index (χ2v) is 9.79. The van der Waals surface area contributed by atoms with Gasteiger partial charge in [-0.1, -0.05) is 97.1 Å². The first-order valence-corrected chi connectivity index (χ1v) is 13.1. The summed E-state index contributed by atoms with van der Waals surface area (Å²) in [4.78, 5) is 21.6. The van der Waals surface area contributed by atoms with Crippen LogP contribution in [0, 0.1) is 12.7 Å². The predicted molar refractivity (Wildman–Crippen MR) is 151 cm³/mol. The van der Waals surface area contributed by atoms with Crippen molar-refractivity contribution in [1.29, 1.82) is 0 Å². The predicted octanol–water partition coefficient (Wildman–Crippen LogP) is 6.61. The highest BCUT2D eigenvalue weighted by atomic mass is 19.1. The molecule has 5 nitrogen and oxygen atoms in total. The van der Waals surface area contributed by atoms with Gasteiger partial charge in [-0.3, -0.25) is 4.90 Å². The molecule has 2 amide bonds. The fourth-order valence-corrected chi connectivity index (χ4v) is 5.69. The molecule has 39 heavy (non-hydrogen) atoms. The molecular formula is C33H29FN4O. The van der Waals surface area contributed by atoms with E-state index in [0.29, 0.717) is 25.3 Å². The Bertz CT molecular complexity index is 1490. The molecule has 0 spiro atoms. The molecule has 0 radical (unpaired) electrons. The number of halogens is 1. The van der Waals surface area contributed by atoms with Crippen LogP contribution in [-0.2, 0) is 12.1 Å². The quantitative estimate of drug-likeness (QED) is 0.228. The van der Waals surface area contributed by atoms with Crippen LogP contribution in [0.2, 0.25) is 0 Å². The number of carbonyl (C=O) groups is 1. The number of urea groups is 1. The van der Waals surface area contributed by atoms with Gasteiger partial charge in [0, 0.05) is 24.5 Å². The lowest BCUT2D eigenvalue weighted by Gasteiger charge is -2.38. The highest BCUT2D eigenvalue weighted by molar-refractivity contribution is 5.94. The third-order valence-electron chi connectivity index (χ3n) is 7.60. The molecule has 0 saturated carbocycles. The van der Waals surface area contributed by atoms with E-state index in [9.17, 15) is 9.18 Å². The summed E-state index contributed by atoms with van der Waals surface area (Å²) in [5, 5.41) is 0. The molecule has 0 bridgehead atoms. The molecular weight excluding hydrogens is 487 g/mol. The van der Waals surface area contributed by atoms with Crippen LogP contribution in [0.3, 0.4) is 0 Å². The third kappa shape index (κ3) is 4.28. The lowest BCUT2D eigenvalue weighted by atomic mass is 9.76. The summed E-state index contributed by atoms with van der Waals surface area (Å²) in [6.45, 7) is 3.49. The topological polar surface area (TPSA) is 41.4 Å². The first-order chi connectivity index (χ1) is 19.1. The smallest absolute Gasteiger partial charge is 0.317 e. The molecule has 1 fully saturated rings. The highest BCUT2D eigenvalue weighted by Crippen LogP contribution is 2.42. The SMILES string of the molecule is Cc1c(CN2CCN(c3cccc(F)c3)C2=O)ncn1C(c1ccccc1)(c1ccccc1)c1ccccc1. The van der Waals surface area contributed by atoms with E-state index in [1.807, 2.05) is 24.5 Å². The number of amides is 2. The Morgan fingerprint density at radius 3 is 1.87 bits per heavy atom. The highest BCUT2D eigenvalue weighted by Gasteiger charge is 2.40. The number of hydrogen-bond donors (Lipinski definition) is 0. The van der Waals surface area contributed by atoms with Crippen molar-refractivity contribution >= 4 is 11.7 Å². The molecule has 0 aliphatic carbocycles. The minimum atomic E-state index is -0.665. The van der Waals surface area contributed by atoms with Gasteiger partial charge in [0.25, 0.3) is 0 Å². The van der Waals surface area contributed by atoms with Crippen LogP contribution < -0.4 is 4.90 Å². The van der Waals surface area contributed by atoms with E-state index in [4.69, 9.17) is 4.98 Å². The van der Waals surface area contributed by atoms with Crippen LogP contribution in [0.5, 0.6) is 0 Å². The lowest BCUT2D eigenvalue weighted by molar-refractivity contribution is 0.218. The number of aromatic nitrogens is 2. The van der Waals surface area contributed by atoms with Crippen molar-refractivity contribution < 1.29 is 9.18 Å². The normalized spacial score (nSPS) is 13.7. The molecule has 0 N–H and O–H groups in total. The molecule has 0 unspecified atom stereocenters. The molecule has 1 aliphatic heterocycles. The Morgan fingerprint density at radius 1 is 0.769 bits per heavy atom. The van der Waals surface area contributed by atoms with Crippen molar-refractivity contribution in [2.24, 2.45) is 0 Å². The van der Waals surface area contributed by atoms with Gasteiger partial charge in [0.05, 0.1) is 18.6 Å². The summed E-state index contributed by atoms with van der Waals surface area (Å²) in [6.07, 6.45) is 1.89. The number of carbonyl (C=O) groups excluding carboxylic acids is 1. The first-order valence-electron chi connectivity index (χ1n) is 13.1. The van der Waals surface area contributed by atoms with Gasteiger partial charge < -0.3 is 9.47 Å². The fourth-order valence-electron chi connectivity index (χ4n) is 5.69. The fraction of sp³-hybridized carbons (Fsp3) is 0.152. The molecule has 0 atom stereocenters. The number of anilines is 1. The van der Waals surface area contributed by atoms with Gasteiger partial charge in [0.1, 0.15) is 11.4 Å². The molecule has 1 saturated heterocycles. The minimum absolute atomic E-state index is 0.144. The van der Waals surface area contributed by atoms with Crippen LogP contribution in [0.1, 0.15) is 28.1 Å². The average molecular weight is 517 g/mol. The molecule has 2 heterocycles. The summed E-state index contributed by atoms with van der Waals surface area (Å²) in [6, 6.07) is 37.4. The zero-order valence-corrected chi connectivity index (χ0v) is 21.7. The average Bonchev–Trinajstić information content (AvgIpc) is 3.53. The van der Waals surface area contributed by atoms with E-state index in [1.165, 1.54) is 12.1 Å². The Balaban J connectivity index is 1.43. The van der Waals surface area contributed by atoms with Gasteiger partial charge in [-0.2, -0.15) is 0 Å². The van der Waals surface area contributed by atoms with Gasteiger partial charge in [0.15, 0.2) is 0 Å². The van der Waals surface area contributed by atoms with E-state index in [2.05, 4.69) is 84.3 Å². The first kappa shape index (κ1) is 24.6. The second-order valence-electron chi connectivity index (χ2n) is 9.79. The Morgan fingerprint density at radius 2 is 1.33 bits per heavy atom. The van der Waals surface area contributed by atoms with Crippen molar-refractivity contribution in [3.63, 3.8) is 0 Å². The maximum absolute atomic E-state index is 13.8. The van der Waals surface area contributed by atoms with E-state index in [-0.39, 0.29) is 11.8 Å². The van der Waals surface area contributed by atoms with Gasteiger partial charge in [0.2, 0.25) is 0 Å². The summed E-state index contributed by atoms with van der Waals surface area (Å²) in [7, 11) is 0. The maximum Gasteiger partial charge on any atom is 0.324 e. The van der Waals surface area contributed by atoms with Crippen molar-refractivity contribution in [3.05, 3.63) is 155 Å². The summed E-state index contributed by atoms with van der Waals surface area (Å²) in [5.74, 6) is -0.354. The molecule has 1 aromatic heterocycles. The van der Waals surface area contributed by atoms with E-state index in [0.717, 1.165) is 28.1 Å². The molecule has 6 rings (SSSR count). The molecule has 4 aromatic carbocycles. The van der Waals surface area contributed by atoms with Crippen molar-refractivity contribution in [3.8, 4) is 0 Å². The van der Waals surface area contributed by atoms with Crippen LogP contribution in [-0.4, -0.2) is 33.6 Å². The van der Waals surface area contributed by atoms with Crippen LogP contribution in [0.4, 0.5) is 14.9 Å². The third-order valence-corrected chi connectivity index (χ3v) is 7.60. The standard InChI is InChI=1S/C33H29FN4O/c1-25-31(23-36-20-21-37(32(36)39)30-19-11-18-29(34)22-30)35-24-38(25)33(26-12-5-2-6-13-26,27-14-7-3-8-15-27)28-16-9-4-10-17-28/h2-19,22,24H,20-21,23H2,1H3. The van der Waals surface area contributed by atoms with Crippen LogP contribution in [0.15, 0.2) is 122 Å². The molecule has 6 heteroatoms. The van der Waals surface area contributed by atoms with E-state index in [1.54, 1.807) is 21.9 Å². The minimum Gasteiger partial charge on any atom is -0.317 e. The number of imidazole rings is 1. The lowest BCUT2D eigenvalue weighted by Crippen LogP contribution is -2.38. The summed E-state index contributed by atoms with van der Waals surface area (Å²) >= 11 is 0. The van der Waals surface area contributed by atoms with Crippen LogP contribution >= 0.6 is 0 Å². The number of hydrogen-bond acceptors (Lipinski definition) is 2. The Kier molecular flexibility index (Phi) is 6.45. The number of rotatable bonds is 7. The largest absolute Gasteiger partial charge is 0.324 e. The molecule has 5 aromatic rings. The summed E-state index contributed by atoms with van der Waals surface area (Å²) < 4.78 is 16.0. The second kappa shape index (κ2) is 10.2. The monoisotopic (exact) mass is 516 g/mol. The van der Waals surface area contributed by atoms with Gasteiger partial charge in [-0.05, 0) is 41.8 Å². The summed E-state index contributed by atoms with van der Waals surface area (Å²) in [5.41, 5.74) is 5.06. The van der Waals surface area contributed by atoms with Crippen molar-refractivity contribution in [2.45, 2.75) is 19.0 Å². The van der Waals surface area contributed by atoms with Crippen LogP contribution in [0.25, 0.3) is 0 Å². The Labute approximate surface area is 227 Å².